The van der Waals surface area contributed by atoms with E-state index in [1.807, 2.05) is 12.1 Å². The van der Waals surface area contributed by atoms with Crippen molar-refractivity contribution < 1.29 is 9.90 Å². The molecule has 2 nitrogen and oxygen atoms in total. The number of carboxylic acid groups (broad SMARTS) is 1. The average Bonchev–Trinajstić information content (AvgIpc) is 2.14. The molecule has 0 radical (unpaired) electrons. The van der Waals surface area contributed by atoms with Gasteiger partial charge in [0.1, 0.15) is 0 Å². The van der Waals surface area contributed by atoms with Crippen molar-refractivity contribution in [3.05, 3.63) is 33.8 Å². The number of halogens is 2. The second kappa shape index (κ2) is 5.37. The van der Waals surface area contributed by atoms with Crippen LogP contribution >= 0.6 is 27.5 Å². The predicted octanol–water partition coefficient (Wildman–Crippen LogP) is 3.32. The molecule has 0 spiro atoms. The number of rotatable bonds is 4. The summed E-state index contributed by atoms with van der Waals surface area (Å²) in [4.78, 5) is 10.7. The number of alkyl halides is 1. The molecule has 0 aliphatic carbocycles. The number of aromatic carboxylic acids is 1. The van der Waals surface area contributed by atoms with Gasteiger partial charge in [0.05, 0.1) is 5.56 Å². The van der Waals surface area contributed by atoms with E-state index in [9.17, 15) is 4.79 Å². The maximum Gasteiger partial charge on any atom is 0.336 e. The van der Waals surface area contributed by atoms with E-state index >= 15 is 0 Å². The van der Waals surface area contributed by atoms with E-state index in [-0.39, 0.29) is 0 Å². The molecule has 0 aromatic heterocycles. The molecule has 0 aliphatic rings. The Morgan fingerprint density at radius 3 is 2.71 bits per heavy atom. The van der Waals surface area contributed by atoms with Gasteiger partial charge in [-0.1, -0.05) is 6.07 Å². The van der Waals surface area contributed by atoms with Crippen LogP contribution in [0.25, 0.3) is 0 Å². The summed E-state index contributed by atoms with van der Waals surface area (Å²) in [6.45, 7) is 0. The van der Waals surface area contributed by atoms with E-state index in [0.29, 0.717) is 15.9 Å². The first-order valence-corrected chi connectivity index (χ1v) is 5.55. The monoisotopic (exact) mass is 276 g/mol. The van der Waals surface area contributed by atoms with Crippen LogP contribution in [0.5, 0.6) is 0 Å². The Bertz CT molecular complexity index is 339. The zero-order valence-corrected chi connectivity index (χ0v) is 9.81. The van der Waals surface area contributed by atoms with Gasteiger partial charge in [-0.15, -0.1) is 11.6 Å². The first-order valence-electron chi connectivity index (χ1n) is 4.23. The molecule has 4 heteroatoms. The Balaban J connectivity index is 2.83. The number of carboxylic acids is 1. The third-order valence-corrected chi connectivity index (χ3v) is 2.79. The summed E-state index contributed by atoms with van der Waals surface area (Å²) in [7, 11) is 0. The molecule has 1 aromatic carbocycles. The van der Waals surface area contributed by atoms with Crippen molar-refractivity contribution in [1.82, 2.24) is 0 Å². The van der Waals surface area contributed by atoms with E-state index in [2.05, 4.69) is 15.9 Å². The molecule has 0 fully saturated rings. The minimum atomic E-state index is -0.916. The fourth-order valence-electron chi connectivity index (χ4n) is 1.16. The minimum absolute atomic E-state index is 0.291. The van der Waals surface area contributed by atoms with Crippen LogP contribution in [0, 0.1) is 0 Å². The van der Waals surface area contributed by atoms with Crippen molar-refractivity contribution in [3.63, 3.8) is 0 Å². The molecule has 76 valence electrons. The predicted molar refractivity (Wildman–Crippen MR) is 60.1 cm³/mol. The summed E-state index contributed by atoms with van der Waals surface area (Å²) in [5.74, 6) is -0.293. The Morgan fingerprint density at radius 1 is 1.50 bits per heavy atom. The molecule has 0 amide bonds. The van der Waals surface area contributed by atoms with Gasteiger partial charge in [0.2, 0.25) is 0 Å². The summed E-state index contributed by atoms with van der Waals surface area (Å²) in [5, 5.41) is 8.78. The van der Waals surface area contributed by atoms with E-state index in [1.54, 1.807) is 6.07 Å². The first kappa shape index (κ1) is 11.5. The lowest BCUT2D eigenvalue weighted by Crippen LogP contribution is -1.98. The minimum Gasteiger partial charge on any atom is -0.478 e. The quantitative estimate of drug-likeness (QED) is 0.857. The smallest absolute Gasteiger partial charge is 0.336 e. The molecule has 1 rings (SSSR count). The number of aryl methyl sites for hydroxylation is 1. The zero-order chi connectivity index (χ0) is 10.6. The topological polar surface area (TPSA) is 37.3 Å². The highest BCUT2D eigenvalue weighted by atomic mass is 79.9. The molecule has 0 saturated carbocycles. The summed E-state index contributed by atoms with van der Waals surface area (Å²) in [5.41, 5.74) is 1.39. The molecule has 1 aromatic rings. The van der Waals surface area contributed by atoms with Gasteiger partial charge in [-0.2, -0.15) is 0 Å². The fourth-order valence-corrected chi connectivity index (χ4v) is 1.89. The van der Waals surface area contributed by atoms with Gasteiger partial charge >= 0.3 is 5.97 Å². The molecule has 0 saturated heterocycles. The van der Waals surface area contributed by atoms with Crippen LogP contribution in [0.4, 0.5) is 0 Å². The maximum atomic E-state index is 10.7. The number of benzene rings is 1. The van der Waals surface area contributed by atoms with Crippen molar-refractivity contribution in [3.8, 4) is 0 Å². The van der Waals surface area contributed by atoms with Crippen LogP contribution in [0.3, 0.4) is 0 Å². The summed E-state index contributed by atoms with van der Waals surface area (Å²) in [6, 6.07) is 5.26. The van der Waals surface area contributed by atoms with Crippen molar-refractivity contribution in [1.29, 1.82) is 0 Å². The highest BCUT2D eigenvalue weighted by Crippen LogP contribution is 2.19. The number of hydrogen-bond acceptors (Lipinski definition) is 1. The van der Waals surface area contributed by atoms with E-state index < -0.39 is 5.97 Å². The van der Waals surface area contributed by atoms with Crippen molar-refractivity contribution in [2.24, 2.45) is 0 Å². The van der Waals surface area contributed by atoms with Crippen LogP contribution in [-0.2, 0) is 6.42 Å². The molecule has 0 unspecified atom stereocenters. The zero-order valence-electron chi connectivity index (χ0n) is 7.46. The third-order valence-electron chi connectivity index (χ3n) is 1.86. The second-order valence-corrected chi connectivity index (χ2v) is 4.14. The molecule has 1 N–H and O–H groups in total. The standard InChI is InChI=1S/C10H10BrClO2/c11-9-6-7(2-1-5-12)3-4-8(9)10(13)14/h3-4,6H,1-2,5H2,(H,13,14). The van der Waals surface area contributed by atoms with Crippen molar-refractivity contribution >= 4 is 33.5 Å². The highest BCUT2D eigenvalue weighted by Gasteiger charge is 2.07. The number of carbonyl (C=O) groups is 1. The van der Waals surface area contributed by atoms with Crippen molar-refractivity contribution in [2.45, 2.75) is 12.8 Å². The molecule has 0 atom stereocenters. The van der Waals surface area contributed by atoms with E-state index in [1.165, 1.54) is 0 Å². The molecule has 0 heterocycles. The van der Waals surface area contributed by atoms with Crippen molar-refractivity contribution in [2.75, 3.05) is 5.88 Å². The Labute approximate surface area is 96.0 Å². The van der Waals surface area contributed by atoms with E-state index in [4.69, 9.17) is 16.7 Å². The van der Waals surface area contributed by atoms with Gasteiger partial charge in [-0.05, 0) is 46.5 Å². The highest BCUT2D eigenvalue weighted by molar-refractivity contribution is 9.10. The van der Waals surface area contributed by atoms with Gasteiger partial charge < -0.3 is 5.11 Å². The Kier molecular flexibility index (Phi) is 4.42. The van der Waals surface area contributed by atoms with Gasteiger partial charge in [0.25, 0.3) is 0 Å². The molecular weight excluding hydrogens is 267 g/mol. The van der Waals surface area contributed by atoms with Crippen LogP contribution in [-0.4, -0.2) is 17.0 Å². The first-order chi connectivity index (χ1) is 6.65. The summed E-state index contributed by atoms with van der Waals surface area (Å²) in [6.07, 6.45) is 1.78. The molecule has 0 bridgehead atoms. The molecule has 0 aliphatic heterocycles. The second-order valence-electron chi connectivity index (χ2n) is 2.91. The molecule has 14 heavy (non-hydrogen) atoms. The summed E-state index contributed by atoms with van der Waals surface area (Å²) >= 11 is 8.79. The van der Waals surface area contributed by atoms with Gasteiger partial charge in [0.15, 0.2) is 0 Å². The van der Waals surface area contributed by atoms with E-state index in [0.717, 1.165) is 18.4 Å². The lowest BCUT2D eigenvalue weighted by atomic mass is 10.1. The SMILES string of the molecule is O=C(O)c1ccc(CCCCl)cc1Br. The fraction of sp³-hybridized carbons (Fsp3) is 0.300. The van der Waals surface area contributed by atoms with Gasteiger partial charge in [-0.3, -0.25) is 0 Å². The lowest BCUT2D eigenvalue weighted by Gasteiger charge is -2.03. The number of hydrogen-bond donors (Lipinski definition) is 1. The van der Waals surface area contributed by atoms with Crippen LogP contribution in [0.1, 0.15) is 22.3 Å². The van der Waals surface area contributed by atoms with Crippen LogP contribution in [0.15, 0.2) is 22.7 Å². The van der Waals surface area contributed by atoms with Gasteiger partial charge in [0, 0.05) is 10.4 Å². The maximum absolute atomic E-state index is 10.7. The van der Waals surface area contributed by atoms with Crippen LogP contribution in [0.2, 0.25) is 0 Å². The average molecular weight is 278 g/mol. The summed E-state index contributed by atoms with van der Waals surface area (Å²) < 4.78 is 0.622. The normalized spacial score (nSPS) is 10.1. The Hall–Kier alpha value is -0.540. The molecular formula is C10H10BrClO2. The lowest BCUT2D eigenvalue weighted by molar-refractivity contribution is 0.0696. The van der Waals surface area contributed by atoms with Gasteiger partial charge in [-0.25, -0.2) is 4.79 Å². The largest absolute Gasteiger partial charge is 0.478 e. The van der Waals surface area contributed by atoms with Crippen LogP contribution < -0.4 is 0 Å². The third kappa shape index (κ3) is 3.00. The Morgan fingerprint density at radius 2 is 2.21 bits per heavy atom.